The molecule has 2 amide bonds. The maximum atomic E-state index is 12.7. The van der Waals surface area contributed by atoms with Crippen LogP contribution in [0.4, 0.5) is 0 Å². The normalized spacial score (nSPS) is 11.0. The lowest BCUT2D eigenvalue weighted by atomic mass is 10.1. The largest absolute Gasteiger partial charge is 0.347 e. The number of benzene rings is 3. The number of amides is 2. The van der Waals surface area contributed by atoms with Crippen LogP contribution in [0.2, 0.25) is 5.02 Å². The SMILES string of the molecule is O=C(NCc1ccc(Cl)cc1)/C(=C/c1ccccc1)NC(=O)c1ccccc1. The first-order valence-electron chi connectivity index (χ1n) is 8.77. The van der Waals surface area contributed by atoms with Crippen molar-refractivity contribution in [2.24, 2.45) is 0 Å². The molecule has 0 heterocycles. The van der Waals surface area contributed by atoms with Gasteiger partial charge in [-0.1, -0.05) is 72.3 Å². The fraction of sp³-hybridized carbons (Fsp3) is 0.0435. The molecule has 0 aliphatic heterocycles. The molecule has 0 aliphatic carbocycles. The zero-order valence-corrected chi connectivity index (χ0v) is 15.8. The summed E-state index contributed by atoms with van der Waals surface area (Å²) in [5, 5.41) is 6.18. The van der Waals surface area contributed by atoms with Crippen LogP contribution in [-0.4, -0.2) is 11.8 Å². The first-order valence-corrected chi connectivity index (χ1v) is 9.15. The summed E-state index contributed by atoms with van der Waals surface area (Å²) in [6, 6.07) is 25.3. The summed E-state index contributed by atoms with van der Waals surface area (Å²) in [5.74, 6) is -0.715. The van der Waals surface area contributed by atoms with Crippen molar-refractivity contribution >= 4 is 29.5 Å². The van der Waals surface area contributed by atoms with E-state index in [1.54, 1.807) is 42.5 Å². The third kappa shape index (κ3) is 5.56. The van der Waals surface area contributed by atoms with E-state index in [9.17, 15) is 9.59 Å². The van der Waals surface area contributed by atoms with E-state index < -0.39 is 0 Å². The monoisotopic (exact) mass is 390 g/mol. The van der Waals surface area contributed by atoms with Gasteiger partial charge >= 0.3 is 0 Å². The molecule has 0 fully saturated rings. The van der Waals surface area contributed by atoms with E-state index in [4.69, 9.17) is 11.6 Å². The average molecular weight is 391 g/mol. The first-order chi connectivity index (χ1) is 13.6. The summed E-state index contributed by atoms with van der Waals surface area (Å²) < 4.78 is 0. The van der Waals surface area contributed by atoms with Crippen LogP contribution >= 0.6 is 11.6 Å². The van der Waals surface area contributed by atoms with Gasteiger partial charge in [-0.25, -0.2) is 0 Å². The summed E-state index contributed by atoms with van der Waals surface area (Å²) in [6.07, 6.45) is 1.65. The Bertz CT molecular complexity index is 969. The van der Waals surface area contributed by atoms with Gasteiger partial charge in [0.1, 0.15) is 5.70 Å². The summed E-state index contributed by atoms with van der Waals surface area (Å²) in [5.41, 5.74) is 2.37. The number of hydrogen-bond acceptors (Lipinski definition) is 2. The van der Waals surface area contributed by atoms with E-state index >= 15 is 0 Å². The van der Waals surface area contributed by atoms with Gasteiger partial charge in [0, 0.05) is 17.1 Å². The molecule has 0 saturated heterocycles. The highest BCUT2D eigenvalue weighted by Crippen LogP contribution is 2.10. The van der Waals surface area contributed by atoms with Crippen LogP contribution in [0.25, 0.3) is 6.08 Å². The Labute approximate surface area is 168 Å². The van der Waals surface area contributed by atoms with Crippen LogP contribution in [0.5, 0.6) is 0 Å². The molecule has 0 radical (unpaired) electrons. The van der Waals surface area contributed by atoms with E-state index in [1.807, 2.05) is 48.5 Å². The minimum atomic E-state index is -0.372. The maximum Gasteiger partial charge on any atom is 0.268 e. The smallest absolute Gasteiger partial charge is 0.268 e. The van der Waals surface area contributed by atoms with Crippen LogP contribution < -0.4 is 10.6 Å². The van der Waals surface area contributed by atoms with Gasteiger partial charge in [0.05, 0.1) is 0 Å². The standard InChI is InChI=1S/C23H19ClN2O2/c24-20-13-11-18(12-14-20)16-25-23(28)21(15-17-7-3-1-4-8-17)26-22(27)19-9-5-2-6-10-19/h1-15H,16H2,(H,25,28)(H,26,27)/b21-15-. The maximum absolute atomic E-state index is 12.7. The minimum Gasteiger partial charge on any atom is -0.347 e. The van der Waals surface area contributed by atoms with Crippen molar-refractivity contribution in [1.82, 2.24) is 10.6 Å². The Hall–Kier alpha value is -3.37. The molecule has 0 saturated carbocycles. The molecule has 0 spiro atoms. The van der Waals surface area contributed by atoms with E-state index in [1.165, 1.54) is 0 Å². The Morgan fingerprint density at radius 3 is 2.07 bits per heavy atom. The number of rotatable bonds is 6. The van der Waals surface area contributed by atoms with E-state index in [-0.39, 0.29) is 17.5 Å². The van der Waals surface area contributed by atoms with Crippen LogP contribution in [0.15, 0.2) is 90.6 Å². The molecular formula is C23H19ClN2O2. The van der Waals surface area contributed by atoms with Gasteiger partial charge < -0.3 is 10.6 Å². The van der Waals surface area contributed by atoms with E-state index in [0.717, 1.165) is 11.1 Å². The minimum absolute atomic E-state index is 0.175. The molecule has 0 aliphatic rings. The molecule has 2 N–H and O–H groups in total. The summed E-state index contributed by atoms with van der Waals surface area (Å²) >= 11 is 5.89. The van der Waals surface area contributed by atoms with Crippen LogP contribution in [-0.2, 0) is 11.3 Å². The van der Waals surface area contributed by atoms with Crippen molar-refractivity contribution in [3.05, 3.63) is 112 Å². The van der Waals surface area contributed by atoms with Crippen molar-refractivity contribution < 1.29 is 9.59 Å². The Balaban J connectivity index is 1.77. The highest BCUT2D eigenvalue weighted by atomic mass is 35.5. The molecule has 28 heavy (non-hydrogen) atoms. The van der Waals surface area contributed by atoms with Crippen molar-refractivity contribution in [3.8, 4) is 0 Å². The Morgan fingerprint density at radius 1 is 0.821 bits per heavy atom. The molecule has 3 rings (SSSR count). The third-order valence-corrected chi connectivity index (χ3v) is 4.26. The number of carbonyl (C=O) groups excluding carboxylic acids is 2. The van der Waals surface area contributed by atoms with Crippen LogP contribution in [0, 0.1) is 0 Å². The van der Waals surface area contributed by atoms with Gasteiger partial charge in [0.25, 0.3) is 11.8 Å². The number of hydrogen-bond donors (Lipinski definition) is 2. The number of carbonyl (C=O) groups is 2. The molecule has 140 valence electrons. The zero-order chi connectivity index (χ0) is 19.8. The van der Waals surface area contributed by atoms with Crippen molar-refractivity contribution in [2.75, 3.05) is 0 Å². The molecular weight excluding hydrogens is 372 g/mol. The van der Waals surface area contributed by atoms with E-state index in [0.29, 0.717) is 17.1 Å². The van der Waals surface area contributed by atoms with Crippen molar-refractivity contribution in [3.63, 3.8) is 0 Å². The zero-order valence-electron chi connectivity index (χ0n) is 15.1. The number of halogens is 1. The lowest BCUT2D eigenvalue weighted by Gasteiger charge is -2.11. The van der Waals surface area contributed by atoms with Gasteiger partial charge in [-0.15, -0.1) is 0 Å². The van der Waals surface area contributed by atoms with Crippen molar-refractivity contribution in [1.29, 1.82) is 0 Å². The molecule has 0 bridgehead atoms. The molecule has 0 unspecified atom stereocenters. The second kappa shape index (κ2) is 9.53. The predicted octanol–water partition coefficient (Wildman–Crippen LogP) is 4.43. The molecule has 4 nitrogen and oxygen atoms in total. The quantitative estimate of drug-likeness (QED) is 0.612. The molecule has 5 heteroatoms. The fourth-order valence-electron chi connectivity index (χ4n) is 2.54. The molecule has 0 aromatic heterocycles. The van der Waals surface area contributed by atoms with Gasteiger partial charge in [0.15, 0.2) is 0 Å². The summed E-state index contributed by atoms with van der Waals surface area (Å²) in [7, 11) is 0. The molecule has 0 atom stereocenters. The highest BCUT2D eigenvalue weighted by molar-refractivity contribution is 6.30. The topological polar surface area (TPSA) is 58.2 Å². The second-order valence-electron chi connectivity index (χ2n) is 6.10. The Morgan fingerprint density at radius 2 is 1.43 bits per heavy atom. The molecule has 3 aromatic rings. The van der Waals surface area contributed by atoms with Crippen LogP contribution in [0.1, 0.15) is 21.5 Å². The summed E-state index contributed by atoms with van der Waals surface area (Å²) in [6.45, 7) is 0.323. The predicted molar refractivity (Wildman–Crippen MR) is 112 cm³/mol. The summed E-state index contributed by atoms with van der Waals surface area (Å²) in [4.78, 5) is 25.2. The lowest BCUT2D eigenvalue weighted by Crippen LogP contribution is -2.34. The van der Waals surface area contributed by atoms with Gasteiger partial charge in [0.2, 0.25) is 0 Å². The van der Waals surface area contributed by atoms with E-state index in [2.05, 4.69) is 10.6 Å². The highest BCUT2D eigenvalue weighted by Gasteiger charge is 2.14. The van der Waals surface area contributed by atoms with Gasteiger partial charge in [-0.05, 0) is 41.5 Å². The number of nitrogens with one attached hydrogen (secondary N) is 2. The van der Waals surface area contributed by atoms with Gasteiger partial charge in [-0.2, -0.15) is 0 Å². The van der Waals surface area contributed by atoms with Crippen LogP contribution in [0.3, 0.4) is 0 Å². The molecule has 3 aromatic carbocycles. The Kier molecular flexibility index (Phi) is 6.60. The first kappa shape index (κ1) is 19.4. The van der Waals surface area contributed by atoms with Crippen molar-refractivity contribution in [2.45, 2.75) is 6.54 Å². The average Bonchev–Trinajstić information content (AvgIpc) is 2.74. The third-order valence-electron chi connectivity index (χ3n) is 4.01. The second-order valence-corrected chi connectivity index (χ2v) is 6.53. The lowest BCUT2D eigenvalue weighted by molar-refractivity contribution is -0.117. The fourth-order valence-corrected chi connectivity index (χ4v) is 2.66. The van der Waals surface area contributed by atoms with Gasteiger partial charge in [-0.3, -0.25) is 9.59 Å².